The Kier molecular flexibility index (Phi) is 7.37. The maximum absolute atomic E-state index is 12.6. The molecule has 0 spiro atoms. The van der Waals surface area contributed by atoms with E-state index in [1.165, 1.54) is 32.4 Å². The highest BCUT2D eigenvalue weighted by molar-refractivity contribution is 7.89. The Balaban J connectivity index is 1.60. The summed E-state index contributed by atoms with van der Waals surface area (Å²) in [7, 11) is -0.902. The van der Waals surface area contributed by atoms with Gasteiger partial charge < -0.3 is 19.4 Å². The molecule has 0 radical (unpaired) electrons. The fraction of sp³-hybridized carbons (Fsp3) is 0.364. The highest BCUT2D eigenvalue weighted by atomic mass is 32.2. The normalized spacial score (nSPS) is 12.5. The molecule has 172 valence electrons. The summed E-state index contributed by atoms with van der Waals surface area (Å²) in [4.78, 5) is 17.1. The molecule has 0 saturated carbocycles. The smallest absolute Gasteiger partial charge is 0.240 e. The van der Waals surface area contributed by atoms with Crippen LogP contribution in [0.1, 0.15) is 32.1 Å². The second-order valence-corrected chi connectivity index (χ2v) is 8.92. The maximum atomic E-state index is 12.6. The first-order valence-electron chi connectivity index (χ1n) is 10.3. The van der Waals surface area contributed by atoms with Crippen molar-refractivity contribution in [1.82, 2.24) is 19.6 Å². The van der Waals surface area contributed by atoms with Gasteiger partial charge in [-0.05, 0) is 38.1 Å². The van der Waals surface area contributed by atoms with Crippen molar-refractivity contribution < 1.29 is 22.7 Å². The number of nitrogens with zero attached hydrogens (tertiary/aromatic N) is 2. The van der Waals surface area contributed by atoms with Gasteiger partial charge in [-0.1, -0.05) is 12.1 Å². The predicted molar refractivity (Wildman–Crippen MR) is 121 cm³/mol. The minimum absolute atomic E-state index is 0.0107. The van der Waals surface area contributed by atoms with E-state index in [0.717, 1.165) is 23.4 Å². The van der Waals surface area contributed by atoms with Crippen molar-refractivity contribution in [2.24, 2.45) is 0 Å². The average molecular weight is 461 g/mol. The zero-order valence-electron chi connectivity index (χ0n) is 18.6. The maximum Gasteiger partial charge on any atom is 0.240 e. The summed E-state index contributed by atoms with van der Waals surface area (Å²) in [5.74, 6) is 1.22. The lowest BCUT2D eigenvalue weighted by Gasteiger charge is -2.15. The molecule has 2 aromatic carbocycles. The Morgan fingerprint density at radius 1 is 1.12 bits per heavy atom. The van der Waals surface area contributed by atoms with Gasteiger partial charge in [-0.15, -0.1) is 0 Å². The number of ether oxygens (including phenoxy) is 2. The molecule has 3 rings (SSSR count). The second-order valence-electron chi connectivity index (χ2n) is 7.16. The molecule has 9 nitrogen and oxygen atoms in total. The minimum Gasteiger partial charge on any atom is -0.493 e. The van der Waals surface area contributed by atoms with Crippen molar-refractivity contribution in [3.8, 4) is 11.5 Å². The highest BCUT2D eigenvalue weighted by Crippen LogP contribution is 2.29. The number of rotatable bonds is 10. The lowest BCUT2D eigenvalue weighted by molar-refractivity contribution is -0.121. The molecule has 1 amide bonds. The van der Waals surface area contributed by atoms with E-state index in [-0.39, 0.29) is 29.8 Å². The van der Waals surface area contributed by atoms with Gasteiger partial charge in [-0.2, -0.15) is 0 Å². The van der Waals surface area contributed by atoms with E-state index in [0.29, 0.717) is 11.5 Å². The molecule has 0 aliphatic rings. The molecule has 1 aromatic heterocycles. The first-order chi connectivity index (χ1) is 15.3. The third-order valence-electron chi connectivity index (χ3n) is 5.07. The van der Waals surface area contributed by atoms with Crippen molar-refractivity contribution in [3.63, 3.8) is 0 Å². The van der Waals surface area contributed by atoms with Gasteiger partial charge in [0.15, 0.2) is 11.5 Å². The van der Waals surface area contributed by atoms with E-state index in [1.807, 2.05) is 38.1 Å². The van der Waals surface area contributed by atoms with Crippen LogP contribution in [0.25, 0.3) is 11.0 Å². The van der Waals surface area contributed by atoms with Crippen LogP contribution in [-0.2, 0) is 21.4 Å². The Hall–Kier alpha value is -3.11. The first kappa shape index (κ1) is 23.6. The van der Waals surface area contributed by atoms with E-state index in [4.69, 9.17) is 9.47 Å². The zero-order valence-corrected chi connectivity index (χ0v) is 19.4. The number of aromatic nitrogens is 2. The van der Waals surface area contributed by atoms with Crippen LogP contribution in [-0.4, -0.2) is 44.6 Å². The van der Waals surface area contributed by atoms with Crippen LogP contribution >= 0.6 is 0 Å². The number of aryl methyl sites for hydroxylation is 1. The Morgan fingerprint density at radius 2 is 1.84 bits per heavy atom. The van der Waals surface area contributed by atoms with E-state index < -0.39 is 10.0 Å². The molecule has 0 aliphatic carbocycles. The van der Waals surface area contributed by atoms with Gasteiger partial charge in [0.25, 0.3) is 0 Å². The molecular formula is C22H28N4O5S. The second kappa shape index (κ2) is 10.0. The molecule has 32 heavy (non-hydrogen) atoms. The van der Waals surface area contributed by atoms with Gasteiger partial charge >= 0.3 is 0 Å². The third kappa shape index (κ3) is 5.03. The average Bonchev–Trinajstić information content (AvgIpc) is 3.17. The van der Waals surface area contributed by atoms with Crippen LogP contribution in [0.5, 0.6) is 11.5 Å². The largest absolute Gasteiger partial charge is 0.493 e. The number of hydrogen-bond acceptors (Lipinski definition) is 6. The standard InChI is InChI=1S/C22H28N4O5S/c1-5-26-18-9-7-6-8-17(18)25-22(26)15(2)24-21(27)12-13-23-32(28,29)16-10-11-19(30-3)20(14-16)31-4/h6-11,14-15,23H,5,12-13H2,1-4H3,(H,24,27). The van der Waals surface area contributed by atoms with Crippen molar-refractivity contribution in [3.05, 3.63) is 48.3 Å². The number of amides is 1. The van der Waals surface area contributed by atoms with Crippen LogP contribution in [0.3, 0.4) is 0 Å². The number of para-hydroxylation sites is 2. The summed E-state index contributed by atoms with van der Waals surface area (Å²) in [5, 5.41) is 2.90. The summed E-state index contributed by atoms with van der Waals surface area (Å²) < 4.78 is 39.9. The highest BCUT2D eigenvalue weighted by Gasteiger charge is 2.19. The zero-order chi connectivity index (χ0) is 23.3. The molecule has 2 N–H and O–H groups in total. The Labute approximate surface area is 187 Å². The van der Waals surface area contributed by atoms with E-state index in [1.54, 1.807) is 0 Å². The van der Waals surface area contributed by atoms with E-state index >= 15 is 0 Å². The Morgan fingerprint density at radius 3 is 2.53 bits per heavy atom. The molecule has 3 aromatic rings. The van der Waals surface area contributed by atoms with Crippen molar-refractivity contribution in [1.29, 1.82) is 0 Å². The molecule has 0 bridgehead atoms. The van der Waals surface area contributed by atoms with Crippen molar-refractivity contribution in [2.45, 2.75) is 37.8 Å². The fourth-order valence-corrected chi connectivity index (χ4v) is 4.55. The van der Waals surface area contributed by atoms with Crippen LogP contribution < -0.4 is 19.5 Å². The van der Waals surface area contributed by atoms with Gasteiger partial charge in [0.2, 0.25) is 15.9 Å². The number of imidazole rings is 1. The summed E-state index contributed by atoms with van der Waals surface area (Å²) in [6.45, 7) is 4.56. The number of hydrogen-bond donors (Lipinski definition) is 2. The van der Waals surface area contributed by atoms with Crippen LogP contribution in [0.15, 0.2) is 47.4 Å². The molecule has 0 aliphatic heterocycles. The topological polar surface area (TPSA) is 112 Å². The number of carbonyl (C=O) groups is 1. The minimum atomic E-state index is -3.80. The van der Waals surface area contributed by atoms with Crippen LogP contribution in [0, 0.1) is 0 Å². The van der Waals surface area contributed by atoms with Gasteiger partial charge in [0.05, 0.1) is 36.2 Å². The van der Waals surface area contributed by atoms with Gasteiger partial charge in [-0.25, -0.2) is 18.1 Å². The predicted octanol–water partition coefficient (Wildman–Crippen LogP) is 2.62. The van der Waals surface area contributed by atoms with Gasteiger partial charge in [0.1, 0.15) is 5.82 Å². The fourth-order valence-electron chi connectivity index (χ4n) is 3.50. The van der Waals surface area contributed by atoms with E-state index in [2.05, 4.69) is 19.6 Å². The van der Waals surface area contributed by atoms with Gasteiger partial charge in [0, 0.05) is 25.6 Å². The Bertz CT molecular complexity index is 1210. The number of methoxy groups -OCH3 is 2. The molecular weight excluding hydrogens is 432 g/mol. The first-order valence-corrected chi connectivity index (χ1v) is 11.7. The molecule has 0 fully saturated rings. The number of benzene rings is 2. The van der Waals surface area contributed by atoms with Crippen molar-refractivity contribution >= 4 is 27.0 Å². The van der Waals surface area contributed by atoms with Gasteiger partial charge in [-0.3, -0.25) is 4.79 Å². The number of nitrogens with one attached hydrogen (secondary N) is 2. The summed E-state index contributed by atoms with van der Waals surface area (Å²) in [5.41, 5.74) is 1.88. The van der Waals surface area contributed by atoms with Crippen LogP contribution in [0.4, 0.5) is 0 Å². The molecule has 1 unspecified atom stereocenters. The lowest BCUT2D eigenvalue weighted by Crippen LogP contribution is -2.33. The summed E-state index contributed by atoms with van der Waals surface area (Å²) in [6.07, 6.45) is -0.0107. The molecule has 1 heterocycles. The third-order valence-corrected chi connectivity index (χ3v) is 6.53. The summed E-state index contributed by atoms with van der Waals surface area (Å²) >= 11 is 0. The number of sulfonamides is 1. The number of fused-ring (bicyclic) bond motifs is 1. The molecule has 0 saturated heterocycles. The SMILES string of the molecule is CCn1c(C(C)NC(=O)CCNS(=O)(=O)c2ccc(OC)c(OC)c2)nc2ccccc21. The molecule has 10 heteroatoms. The van der Waals surface area contributed by atoms with Crippen LogP contribution in [0.2, 0.25) is 0 Å². The summed E-state index contributed by atoms with van der Waals surface area (Å²) in [6, 6.07) is 11.8. The lowest BCUT2D eigenvalue weighted by atomic mass is 10.3. The number of carbonyl (C=O) groups excluding carboxylic acids is 1. The quantitative estimate of drug-likeness (QED) is 0.481. The monoisotopic (exact) mass is 460 g/mol. The molecule has 1 atom stereocenters. The van der Waals surface area contributed by atoms with E-state index in [9.17, 15) is 13.2 Å². The van der Waals surface area contributed by atoms with Crippen molar-refractivity contribution in [2.75, 3.05) is 20.8 Å².